The molecule has 2 heterocycles. The van der Waals surface area contributed by atoms with E-state index in [0.717, 1.165) is 31.6 Å². The molecule has 0 atom stereocenters. The molecular weight excluding hydrogens is 300 g/mol. The van der Waals surface area contributed by atoms with E-state index in [0.29, 0.717) is 5.82 Å². The SMILES string of the molecule is Cc1cc(N)n(CC(=O)N2CCC3(CCc4ccccc43)CC2)n1. The number of amides is 1. The Morgan fingerprint density at radius 1 is 1.25 bits per heavy atom. The van der Waals surface area contributed by atoms with Crippen molar-refractivity contribution < 1.29 is 4.79 Å². The molecule has 5 nitrogen and oxygen atoms in total. The number of nitrogens with zero attached hydrogens (tertiary/aromatic N) is 3. The Morgan fingerprint density at radius 2 is 2.00 bits per heavy atom. The maximum atomic E-state index is 12.6. The summed E-state index contributed by atoms with van der Waals surface area (Å²) < 4.78 is 1.60. The second-order valence-corrected chi connectivity index (χ2v) is 7.19. The van der Waals surface area contributed by atoms with Gasteiger partial charge < -0.3 is 10.6 Å². The van der Waals surface area contributed by atoms with Crippen LogP contribution in [0.1, 0.15) is 36.1 Å². The first-order chi connectivity index (χ1) is 11.6. The van der Waals surface area contributed by atoms with Crippen LogP contribution < -0.4 is 5.73 Å². The van der Waals surface area contributed by atoms with Crippen LogP contribution in [-0.4, -0.2) is 33.7 Å². The molecule has 4 rings (SSSR count). The smallest absolute Gasteiger partial charge is 0.244 e. The van der Waals surface area contributed by atoms with E-state index < -0.39 is 0 Å². The highest BCUT2D eigenvalue weighted by molar-refractivity contribution is 5.76. The van der Waals surface area contributed by atoms with Crippen molar-refractivity contribution in [3.63, 3.8) is 0 Å². The van der Waals surface area contributed by atoms with Gasteiger partial charge in [-0.3, -0.25) is 4.79 Å². The summed E-state index contributed by atoms with van der Waals surface area (Å²) in [4.78, 5) is 14.6. The van der Waals surface area contributed by atoms with E-state index in [1.807, 2.05) is 11.8 Å². The molecule has 0 bridgehead atoms. The third-order valence-corrected chi connectivity index (χ3v) is 5.75. The predicted molar refractivity (Wildman–Crippen MR) is 93.6 cm³/mol. The lowest BCUT2D eigenvalue weighted by atomic mass is 9.74. The summed E-state index contributed by atoms with van der Waals surface area (Å²) in [7, 11) is 0. The Labute approximate surface area is 142 Å². The summed E-state index contributed by atoms with van der Waals surface area (Å²) in [6.45, 7) is 3.78. The highest BCUT2D eigenvalue weighted by atomic mass is 16.2. The summed E-state index contributed by atoms with van der Waals surface area (Å²) in [6, 6.07) is 10.6. The van der Waals surface area contributed by atoms with Gasteiger partial charge in [0, 0.05) is 19.2 Å². The molecule has 1 spiro atoms. The number of fused-ring (bicyclic) bond motifs is 2. The van der Waals surface area contributed by atoms with E-state index in [4.69, 9.17) is 5.73 Å². The number of aromatic nitrogens is 2. The average molecular weight is 324 g/mol. The zero-order valence-electron chi connectivity index (χ0n) is 14.2. The van der Waals surface area contributed by atoms with E-state index in [1.54, 1.807) is 10.7 Å². The van der Waals surface area contributed by atoms with Crippen molar-refractivity contribution in [2.75, 3.05) is 18.8 Å². The van der Waals surface area contributed by atoms with Gasteiger partial charge in [0.05, 0.1) is 5.69 Å². The van der Waals surface area contributed by atoms with E-state index >= 15 is 0 Å². The van der Waals surface area contributed by atoms with E-state index in [-0.39, 0.29) is 17.9 Å². The average Bonchev–Trinajstić information content (AvgIpc) is 3.09. The monoisotopic (exact) mass is 324 g/mol. The number of nitrogen functional groups attached to an aromatic ring is 1. The van der Waals surface area contributed by atoms with Crippen LogP contribution in [-0.2, 0) is 23.2 Å². The second-order valence-electron chi connectivity index (χ2n) is 7.19. The standard InChI is InChI=1S/C19H24N4O/c1-14-12-17(20)23(21-14)13-18(24)22-10-8-19(9-11-22)7-6-15-4-2-3-5-16(15)19/h2-5,12H,6-11,13,20H2,1H3. The molecule has 1 aromatic heterocycles. The lowest BCUT2D eigenvalue weighted by Gasteiger charge is -2.40. The van der Waals surface area contributed by atoms with Gasteiger partial charge in [0.1, 0.15) is 12.4 Å². The number of piperidine rings is 1. The van der Waals surface area contributed by atoms with Crippen molar-refractivity contribution in [2.24, 2.45) is 0 Å². The number of nitrogens with two attached hydrogens (primary N) is 1. The molecule has 0 unspecified atom stereocenters. The number of carbonyl (C=O) groups is 1. The summed E-state index contributed by atoms with van der Waals surface area (Å²) in [5.41, 5.74) is 10.0. The van der Waals surface area contributed by atoms with E-state index in [1.165, 1.54) is 24.0 Å². The fourth-order valence-corrected chi connectivity index (χ4v) is 4.39. The Bertz CT molecular complexity index is 771. The van der Waals surface area contributed by atoms with Gasteiger partial charge in [-0.25, -0.2) is 4.68 Å². The predicted octanol–water partition coefficient (Wildman–Crippen LogP) is 2.28. The van der Waals surface area contributed by atoms with Crippen LogP contribution in [0.15, 0.2) is 30.3 Å². The first-order valence-corrected chi connectivity index (χ1v) is 8.73. The summed E-state index contributed by atoms with van der Waals surface area (Å²) >= 11 is 0. The molecule has 2 aromatic rings. The van der Waals surface area contributed by atoms with Crippen molar-refractivity contribution in [2.45, 2.75) is 44.6 Å². The van der Waals surface area contributed by atoms with Crippen LogP contribution in [0.5, 0.6) is 0 Å². The van der Waals surface area contributed by atoms with Crippen LogP contribution in [0.2, 0.25) is 0 Å². The molecule has 2 aliphatic rings. The molecule has 5 heteroatoms. The van der Waals surface area contributed by atoms with Crippen molar-refractivity contribution in [3.05, 3.63) is 47.2 Å². The van der Waals surface area contributed by atoms with Crippen LogP contribution >= 0.6 is 0 Å². The minimum atomic E-state index is 0.117. The van der Waals surface area contributed by atoms with E-state index in [9.17, 15) is 4.79 Å². The van der Waals surface area contributed by atoms with Crippen LogP contribution in [0.25, 0.3) is 0 Å². The minimum absolute atomic E-state index is 0.117. The third kappa shape index (κ3) is 2.48. The fourth-order valence-electron chi connectivity index (χ4n) is 4.39. The number of rotatable bonds is 2. The summed E-state index contributed by atoms with van der Waals surface area (Å²) in [5.74, 6) is 0.671. The number of likely N-dealkylation sites (tertiary alicyclic amines) is 1. The molecule has 2 N–H and O–H groups in total. The normalized spacial score (nSPS) is 18.8. The summed E-state index contributed by atoms with van der Waals surface area (Å²) in [5, 5.41) is 4.29. The number of anilines is 1. The Kier molecular flexibility index (Phi) is 3.59. The van der Waals surface area contributed by atoms with E-state index in [2.05, 4.69) is 29.4 Å². The number of carbonyl (C=O) groups excluding carboxylic acids is 1. The lowest BCUT2D eigenvalue weighted by molar-refractivity contribution is -0.133. The molecule has 1 fully saturated rings. The highest BCUT2D eigenvalue weighted by Gasteiger charge is 2.41. The zero-order chi connectivity index (χ0) is 16.7. The van der Waals surface area contributed by atoms with Crippen molar-refractivity contribution in [3.8, 4) is 0 Å². The van der Waals surface area contributed by atoms with Crippen LogP contribution in [0, 0.1) is 6.92 Å². The molecule has 1 aliphatic carbocycles. The third-order valence-electron chi connectivity index (χ3n) is 5.75. The van der Waals surface area contributed by atoms with Gasteiger partial charge in [-0.1, -0.05) is 24.3 Å². The molecule has 24 heavy (non-hydrogen) atoms. The van der Waals surface area contributed by atoms with Crippen molar-refractivity contribution in [1.29, 1.82) is 0 Å². The molecule has 1 saturated heterocycles. The maximum Gasteiger partial charge on any atom is 0.244 e. The maximum absolute atomic E-state index is 12.6. The molecule has 1 aromatic carbocycles. The van der Waals surface area contributed by atoms with Crippen LogP contribution in [0.3, 0.4) is 0 Å². The zero-order valence-corrected chi connectivity index (χ0v) is 14.2. The lowest BCUT2D eigenvalue weighted by Crippen LogP contribution is -2.45. The van der Waals surface area contributed by atoms with Gasteiger partial charge in [-0.2, -0.15) is 5.10 Å². The molecular formula is C19H24N4O. The Balaban J connectivity index is 1.43. The molecule has 1 amide bonds. The van der Waals surface area contributed by atoms with Crippen molar-refractivity contribution in [1.82, 2.24) is 14.7 Å². The molecule has 1 aliphatic heterocycles. The Morgan fingerprint density at radius 3 is 2.71 bits per heavy atom. The van der Waals surface area contributed by atoms with Gasteiger partial charge in [0.25, 0.3) is 0 Å². The number of hydrogen-bond donors (Lipinski definition) is 1. The van der Waals surface area contributed by atoms with Gasteiger partial charge in [0.15, 0.2) is 0 Å². The quantitative estimate of drug-likeness (QED) is 0.922. The highest BCUT2D eigenvalue weighted by Crippen LogP contribution is 2.46. The largest absolute Gasteiger partial charge is 0.384 e. The molecule has 0 radical (unpaired) electrons. The topological polar surface area (TPSA) is 64.2 Å². The van der Waals surface area contributed by atoms with Gasteiger partial charge in [0.2, 0.25) is 5.91 Å². The van der Waals surface area contributed by atoms with Gasteiger partial charge in [-0.05, 0) is 49.1 Å². The first kappa shape index (κ1) is 15.2. The van der Waals surface area contributed by atoms with Gasteiger partial charge >= 0.3 is 0 Å². The number of hydrogen-bond acceptors (Lipinski definition) is 3. The minimum Gasteiger partial charge on any atom is -0.384 e. The molecule has 0 saturated carbocycles. The van der Waals surface area contributed by atoms with Gasteiger partial charge in [-0.15, -0.1) is 0 Å². The summed E-state index contributed by atoms with van der Waals surface area (Å²) in [6.07, 6.45) is 4.51. The second kappa shape index (κ2) is 5.65. The van der Waals surface area contributed by atoms with Crippen molar-refractivity contribution >= 4 is 11.7 Å². The first-order valence-electron chi connectivity index (χ1n) is 8.73. The number of benzene rings is 1. The Hall–Kier alpha value is -2.30. The molecule has 126 valence electrons. The number of aryl methyl sites for hydroxylation is 2. The van der Waals surface area contributed by atoms with Crippen LogP contribution in [0.4, 0.5) is 5.82 Å². The fraction of sp³-hybridized carbons (Fsp3) is 0.474.